The molecule has 1 aliphatic rings. The predicted molar refractivity (Wildman–Crippen MR) is 76.6 cm³/mol. The van der Waals surface area contributed by atoms with Crippen molar-refractivity contribution in [1.82, 2.24) is 5.32 Å². The van der Waals surface area contributed by atoms with E-state index < -0.39 is 0 Å². The predicted octanol–water partition coefficient (Wildman–Crippen LogP) is 3.15. The Kier molecular flexibility index (Phi) is 5.32. The molecule has 1 N–H and O–H groups in total. The number of hydrogen-bond acceptors (Lipinski definition) is 3. The van der Waals surface area contributed by atoms with Crippen molar-refractivity contribution in [3.63, 3.8) is 0 Å². The molecule has 0 atom stereocenters. The standard InChI is InChI=1S/C14H20BrNO2/c1-2-16-6-4-3-5-11-9-13-14(10-12(11)15)18-8-7-17-13/h9-10,16H,2-8H2,1H3. The minimum absolute atomic E-state index is 0.640. The second kappa shape index (κ2) is 7.00. The molecule has 0 spiro atoms. The average molecular weight is 314 g/mol. The van der Waals surface area contributed by atoms with Crippen molar-refractivity contribution in [1.29, 1.82) is 0 Å². The molecule has 0 radical (unpaired) electrons. The molecule has 2 rings (SSSR count). The number of nitrogens with one attached hydrogen (secondary N) is 1. The Balaban J connectivity index is 1.91. The van der Waals surface area contributed by atoms with Crippen molar-refractivity contribution in [2.24, 2.45) is 0 Å². The summed E-state index contributed by atoms with van der Waals surface area (Å²) in [5, 5.41) is 3.34. The summed E-state index contributed by atoms with van der Waals surface area (Å²) in [6.07, 6.45) is 3.46. The molecule has 1 aliphatic heterocycles. The number of halogens is 1. The summed E-state index contributed by atoms with van der Waals surface area (Å²) in [7, 11) is 0. The van der Waals surface area contributed by atoms with E-state index in [2.05, 4.69) is 34.2 Å². The van der Waals surface area contributed by atoms with Crippen LogP contribution in [0.15, 0.2) is 16.6 Å². The van der Waals surface area contributed by atoms with Gasteiger partial charge in [0.15, 0.2) is 11.5 Å². The van der Waals surface area contributed by atoms with Crippen LogP contribution in [0.3, 0.4) is 0 Å². The number of rotatable bonds is 6. The van der Waals surface area contributed by atoms with Crippen LogP contribution >= 0.6 is 15.9 Å². The zero-order chi connectivity index (χ0) is 12.8. The molecule has 0 amide bonds. The van der Waals surface area contributed by atoms with Gasteiger partial charge in [-0.2, -0.15) is 0 Å². The monoisotopic (exact) mass is 313 g/mol. The van der Waals surface area contributed by atoms with Gasteiger partial charge in [-0.3, -0.25) is 0 Å². The minimum atomic E-state index is 0.640. The normalized spacial score (nSPS) is 13.7. The van der Waals surface area contributed by atoms with Crippen LogP contribution in [0.25, 0.3) is 0 Å². The van der Waals surface area contributed by atoms with Crippen LogP contribution < -0.4 is 14.8 Å². The molecule has 0 bridgehead atoms. The molecule has 0 aromatic heterocycles. The van der Waals surface area contributed by atoms with Crippen molar-refractivity contribution >= 4 is 15.9 Å². The molecule has 1 aromatic rings. The first-order valence-corrected chi connectivity index (χ1v) is 7.39. The fourth-order valence-electron chi connectivity index (χ4n) is 2.04. The highest BCUT2D eigenvalue weighted by Gasteiger charge is 2.14. The Labute approximate surface area is 117 Å². The van der Waals surface area contributed by atoms with E-state index in [4.69, 9.17) is 9.47 Å². The summed E-state index contributed by atoms with van der Waals surface area (Å²) in [5.74, 6) is 1.73. The van der Waals surface area contributed by atoms with Crippen molar-refractivity contribution in [3.8, 4) is 11.5 Å². The highest BCUT2D eigenvalue weighted by molar-refractivity contribution is 9.10. The van der Waals surface area contributed by atoms with E-state index in [1.807, 2.05) is 6.07 Å². The van der Waals surface area contributed by atoms with Gasteiger partial charge in [0, 0.05) is 4.47 Å². The van der Waals surface area contributed by atoms with Crippen LogP contribution in [-0.4, -0.2) is 26.3 Å². The van der Waals surface area contributed by atoms with Crippen LogP contribution in [0.2, 0.25) is 0 Å². The first-order valence-electron chi connectivity index (χ1n) is 6.60. The lowest BCUT2D eigenvalue weighted by atomic mass is 10.1. The maximum atomic E-state index is 5.61. The smallest absolute Gasteiger partial charge is 0.162 e. The van der Waals surface area contributed by atoms with Crippen molar-refractivity contribution in [2.45, 2.75) is 26.2 Å². The van der Waals surface area contributed by atoms with E-state index in [1.54, 1.807) is 0 Å². The van der Waals surface area contributed by atoms with E-state index in [0.29, 0.717) is 13.2 Å². The van der Waals surface area contributed by atoms with E-state index in [-0.39, 0.29) is 0 Å². The fraction of sp³-hybridized carbons (Fsp3) is 0.571. The van der Waals surface area contributed by atoms with Gasteiger partial charge < -0.3 is 14.8 Å². The molecule has 3 nitrogen and oxygen atoms in total. The summed E-state index contributed by atoms with van der Waals surface area (Å²) in [6.45, 7) is 5.57. The summed E-state index contributed by atoms with van der Waals surface area (Å²) in [6, 6.07) is 4.12. The molecule has 0 aliphatic carbocycles. The van der Waals surface area contributed by atoms with Gasteiger partial charge in [0.1, 0.15) is 13.2 Å². The van der Waals surface area contributed by atoms with Crippen LogP contribution in [0.4, 0.5) is 0 Å². The lowest BCUT2D eigenvalue weighted by molar-refractivity contribution is 0.171. The Morgan fingerprint density at radius 1 is 1.17 bits per heavy atom. The Morgan fingerprint density at radius 3 is 2.61 bits per heavy atom. The number of benzene rings is 1. The molecule has 100 valence electrons. The SMILES string of the molecule is CCNCCCCc1cc2c(cc1Br)OCCO2. The topological polar surface area (TPSA) is 30.5 Å². The maximum Gasteiger partial charge on any atom is 0.162 e. The van der Waals surface area contributed by atoms with Gasteiger partial charge in [-0.1, -0.05) is 22.9 Å². The Hall–Kier alpha value is -0.740. The molecule has 18 heavy (non-hydrogen) atoms. The quantitative estimate of drug-likeness (QED) is 0.818. The third kappa shape index (κ3) is 3.62. The fourth-order valence-corrected chi connectivity index (χ4v) is 2.56. The molecule has 4 heteroatoms. The summed E-state index contributed by atoms with van der Waals surface area (Å²) in [4.78, 5) is 0. The third-order valence-corrected chi connectivity index (χ3v) is 3.75. The van der Waals surface area contributed by atoms with Crippen molar-refractivity contribution < 1.29 is 9.47 Å². The zero-order valence-electron chi connectivity index (χ0n) is 10.8. The van der Waals surface area contributed by atoms with Crippen molar-refractivity contribution in [3.05, 3.63) is 22.2 Å². The van der Waals surface area contributed by atoms with Crippen LogP contribution in [0.1, 0.15) is 25.3 Å². The zero-order valence-corrected chi connectivity index (χ0v) is 12.4. The number of fused-ring (bicyclic) bond motifs is 1. The molecule has 0 unspecified atom stereocenters. The van der Waals surface area contributed by atoms with E-state index in [1.165, 1.54) is 18.4 Å². The largest absolute Gasteiger partial charge is 0.486 e. The second-order valence-electron chi connectivity index (χ2n) is 4.40. The average Bonchev–Trinajstić information content (AvgIpc) is 2.39. The first-order chi connectivity index (χ1) is 8.81. The highest BCUT2D eigenvalue weighted by atomic mass is 79.9. The maximum absolute atomic E-state index is 5.61. The van der Waals surface area contributed by atoms with Crippen LogP contribution in [0, 0.1) is 0 Å². The summed E-state index contributed by atoms with van der Waals surface area (Å²) in [5.41, 5.74) is 1.30. The second-order valence-corrected chi connectivity index (χ2v) is 5.25. The number of unbranched alkanes of at least 4 members (excludes halogenated alkanes) is 1. The lowest BCUT2D eigenvalue weighted by Gasteiger charge is -2.20. The van der Waals surface area contributed by atoms with Gasteiger partial charge in [-0.25, -0.2) is 0 Å². The Morgan fingerprint density at radius 2 is 1.89 bits per heavy atom. The van der Waals surface area contributed by atoms with Gasteiger partial charge in [-0.05, 0) is 50.0 Å². The molecule has 0 saturated carbocycles. The van der Waals surface area contributed by atoms with Gasteiger partial charge in [0.25, 0.3) is 0 Å². The molecule has 0 saturated heterocycles. The van der Waals surface area contributed by atoms with Gasteiger partial charge in [-0.15, -0.1) is 0 Å². The van der Waals surface area contributed by atoms with Crippen LogP contribution in [-0.2, 0) is 6.42 Å². The molecule has 0 fully saturated rings. The molecule has 1 heterocycles. The summed E-state index contributed by atoms with van der Waals surface area (Å²) < 4.78 is 12.3. The lowest BCUT2D eigenvalue weighted by Crippen LogP contribution is -2.15. The van der Waals surface area contributed by atoms with E-state index >= 15 is 0 Å². The molecular weight excluding hydrogens is 294 g/mol. The first kappa shape index (κ1) is 13.7. The van der Waals surface area contributed by atoms with Gasteiger partial charge in [0.2, 0.25) is 0 Å². The van der Waals surface area contributed by atoms with Gasteiger partial charge in [0.05, 0.1) is 0 Å². The molecule has 1 aromatic carbocycles. The Bertz CT molecular complexity index is 396. The van der Waals surface area contributed by atoms with Crippen LogP contribution in [0.5, 0.6) is 11.5 Å². The summed E-state index contributed by atoms with van der Waals surface area (Å²) >= 11 is 3.61. The molecular formula is C14H20BrNO2. The van der Waals surface area contributed by atoms with Crippen molar-refractivity contribution in [2.75, 3.05) is 26.3 Å². The minimum Gasteiger partial charge on any atom is -0.486 e. The van der Waals surface area contributed by atoms with E-state index in [0.717, 1.165) is 35.5 Å². The third-order valence-electron chi connectivity index (χ3n) is 3.01. The van der Waals surface area contributed by atoms with Gasteiger partial charge >= 0.3 is 0 Å². The van der Waals surface area contributed by atoms with E-state index in [9.17, 15) is 0 Å². The number of ether oxygens (including phenoxy) is 2. The number of aryl methyl sites for hydroxylation is 1. The highest BCUT2D eigenvalue weighted by Crippen LogP contribution is 2.35. The number of hydrogen-bond donors (Lipinski definition) is 1.